The molecular formula is C13H20N4O2S. The zero-order valence-corrected chi connectivity index (χ0v) is 12.4. The summed E-state index contributed by atoms with van der Waals surface area (Å²) >= 11 is 0. The number of hydrogen-bond donors (Lipinski definition) is 2. The molecule has 1 heterocycles. The van der Waals surface area contributed by atoms with E-state index in [9.17, 15) is 8.42 Å². The Labute approximate surface area is 119 Å². The smallest absolute Gasteiger partial charge is 0.188 e. The van der Waals surface area contributed by atoms with Crippen molar-refractivity contribution >= 4 is 15.8 Å². The van der Waals surface area contributed by atoms with Crippen LogP contribution in [0.25, 0.3) is 0 Å². The summed E-state index contributed by atoms with van der Waals surface area (Å²) in [6.45, 7) is 0.989. The maximum atomic E-state index is 11.6. The third kappa shape index (κ3) is 3.93. The van der Waals surface area contributed by atoms with Gasteiger partial charge in [-0.05, 0) is 30.9 Å². The molecule has 0 radical (unpaired) electrons. The first-order valence-corrected chi connectivity index (χ1v) is 8.53. The van der Waals surface area contributed by atoms with Crippen molar-refractivity contribution in [2.75, 3.05) is 12.8 Å². The summed E-state index contributed by atoms with van der Waals surface area (Å²) < 4.78 is 23.2. The van der Waals surface area contributed by atoms with Crippen molar-refractivity contribution in [1.29, 1.82) is 0 Å². The highest BCUT2D eigenvalue weighted by atomic mass is 32.2. The van der Waals surface area contributed by atoms with E-state index < -0.39 is 9.84 Å². The minimum atomic E-state index is -3.29. The van der Waals surface area contributed by atoms with E-state index >= 15 is 0 Å². The fraction of sp³-hybridized carbons (Fsp3) is 0.538. The van der Waals surface area contributed by atoms with Gasteiger partial charge in [0.25, 0.3) is 0 Å². The van der Waals surface area contributed by atoms with Crippen LogP contribution in [0.4, 0.5) is 0 Å². The number of sulfone groups is 1. The summed E-state index contributed by atoms with van der Waals surface area (Å²) in [6, 6.07) is 3.13. The Kier molecular flexibility index (Phi) is 4.59. The first-order valence-electron chi connectivity index (χ1n) is 6.64. The quantitative estimate of drug-likeness (QED) is 0.615. The van der Waals surface area contributed by atoms with E-state index in [4.69, 9.17) is 5.73 Å². The van der Waals surface area contributed by atoms with Gasteiger partial charge in [0.15, 0.2) is 15.8 Å². The lowest BCUT2D eigenvalue weighted by molar-refractivity contribution is 0.315. The topological polar surface area (TPSA) is 97.4 Å². The van der Waals surface area contributed by atoms with Crippen LogP contribution in [0.15, 0.2) is 28.2 Å². The highest BCUT2D eigenvalue weighted by Gasteiger charge is 2.17. The molecule has 1 aliphatic rings. The Morgan fingerprint density at radius 3 is 2.90 bits per heavy atom. The van der Waals surface area contributed by atoms with Crippen LogP contribution in [0.1, 0.15) is 25.0 Å². The van der Waals surface area contributed by atoms with Gasteiger partial charge in [0.2, 0.25) is 0 Å². The van der Waals surface area contributed by atoms with E-state index in [1.165, 1.54) is 25.3 Å². The van der Waals surface area contributed by atoms with Crippen molar-refractivity contribution in [3.05, 3.63) is 24.0 Å². The zero-order chi connectivity index (χ0) is 14.6. The van der Waals surface area contributed by atoms with Gasteiger partial charge in [-0.3, -0.25) is 4.98 Å². The number of aliphatic imine (C=N–C) groups is 1. The van der Waals surface area contributed by atoms with Crippen LogP contribution in [0.2, 0.25) is 0 Å². The molecule has 0 aromatic carbocycles. The van der Waals surface area contributed by atoms with Crippen LogP contribution >= 0.6 is 0 Å². The lowest BCUT2D eigenvalue weighted by atomic mass is 9.85. The summed E-state index contributed by atoms with van der Waals surface area (Å²) in [4.78, 5) is 8.43. The van der Waals surface area contributed by atoms with Crippen LogP contribution < -0.4 is 11.1 Å². The second kappa shape index (κ2) is 6.21. The number of nitrogens with zero attached hydrogens (tertiary/aromatic N) is 2. The maximum absolute atomic E-state index is 11.6. The molecule has 0 aliphatic heterocycles. The number of aromatic nitrogens is 1. The molecule has 0 amide bonds. The second-order valence-electron chi connectivity index (χ2n) is 5.10. The lowest BCUT2D eigenvalue weighted by Gasteiger charge is -2.25. The van der Waals surface area contributed by atoms with Gasteiger partial charge in [0, 0.05) is 19.0 Å². The van der Waals surface area contributed by atoms with Crippen LogP contribution in [-0.4, -0.2) is 32.2 Å². The number of nitrogens with one attached hydrogen (secondary N) is 1. The third-order valence-corrected chi connectivity index (χ3v) is 4.61. The normalized spacial score (nSPS) is 16.8. The number of guanidine groups is 1. The first-order chi connectivity index (χ1) is 9.47. The Balaban J connectivity index is 1.99. The maximum Gasteiger partial charge on any atom is 0.188 e. The molecule has 0 spiro atoms. The van der Waals surface area contributed by atoms with Gasteiger partial charge in [0.1, 0.15) is 0 Å². The van der Waals surface area contributed by atoms with Crippen molar-refractivity contribution < 1.29 is 8.42 Å². The number of nitrogens with two attached hydrogens (primary N) is 1. The fourth-order valence-electron chi connectivity index (χ4n) is 2.04. The molecule has 0 unspecified atom stereocenters. The summed E-state index contributed by atoms with van der Waals surface area (Å²) in [6.07, 6.45) is 6.47. The average Bonchev–Trinajstić information content (AvgIpc) is 2.34. The standard InChI is InChI=1S/C13H20N4O2S/c1-20(18,19)12-6-3-7-15-11(12)9-17-13(14)16-8-10-4-2-5-10/h3,6-7,10H,2,4-5,8-9H2,1H3,(H3,14,16,17). The largest absolute Gasteiger partial charge is 0.370 e. The number of rotatable bonds is 5. The van der Waals surface area contributed by atoms with Crippen molar-refractivity contribution in [1.82, 2.24) is 10.3 Å². The summed E-state index contributed by atoms with van der Waals surface area (Å²) in [5, 5.41) is 3.06. The third-order valence-electron chi connectivity index (χ3n) is 3.44. The molecule has 7 heteroatoms. The predicted octanol–water partition coefficient (Wildman–Crippen LogP) is 0.689. The average molecular weight is 296 g/mol. The Bertz CT molecular complexity index is 594. The lowest BCUT2D eigenvalue weighted by Crippen LogP contribution is -2.37. The highest BCUT2D eigenvalue weighted by Crippen LogP contribution is 2.25. The SMILES string of the molecule is CS(=O)(=O)c1cccnc1CN=C(N)NCC1CCC1. The molecular weight excluding hydrogens is 276 g/mol. The highest BCUT2D eigenvalue weighted by molar-refractivity contribution is 7.90. The zero-order valence-electron chi connectivity index (χ0n) is 11.5. The van der Waals surface area contributed by atoms with Crippen LogP contribution in [-0.2, 0) is 16.4 Å². The molecule has 1 aliphatic carbocycles. The van der Waals surface area contributed by atoms with Crippen LogP contribution in [0.3, 0.4) is 0 Å². The van der Waals surface area contributed by atoms with Crippen molar-refractivity contribution in [2.45, 2.75) is 30.7 Å². The molecule has 1 saturated carbocycles. The molecule has 0 bridgehead atoms. The van der Waals surface area contributed by atoms with E-state index in [-0.39, 0.29) is 11.4 Å². The van der Waals surface area contributed by atoms with Crippen molar-refractivity contribution in [2.24, 2.45) is 16.6 Å². The minimum Gasteiger partial charge on any atom is -0.370 e. The Morgan fingerprint density at radius 1 is 1.55 bits per heavy atom. The molecule has 0 atom stereocenters. The molecule has 0 saturated heterocycles. The molecule has 1 aromatic heterocycles. The van der Waals surface area contributed by atoms with Gasteiger partial charge in [-0.15, -0.1) is 0 Å². The molecule has 2 rings (SSSR count). The molecule has 6 nitrogen and oxygen atoms in total. The monoisotopic (exact) mass is 296 g/mol. The summed E-state index contributed by atoms with van der Waals surface area (Å²) in [7, 11) is -3.29. The van der Waals surface area contributed by atoms with E-state index in [0.29, 0.717) is 17.6 Å². The predicted molar refractivity (Wildman–Crippen MR) is 78.0 cm³/mol. The van der Waals surface area contributed by atoms with Gasteiger partial charge in [-0.1, -0.05) is 6.42 Å². The van der Waals surface area contributed by atoms with E-state index in [2.05, 4.69) is 15.3 Å². The van der Waals surface area contributed by atoms with Crippen LogP contribution in [0, 0.1) is 5.92 Å². The van der Waals surface area contributed by atoms with E-state index in [1.807, 2.05) is 0 Å². The molecule has 20 heavy (non-hydrogen) atoms. The van der Waals surface area contributed by atoms with Gasteiger partial charge in [-0.2, -0.15) is 0 Å². The van der Waals surface area contributed by atoms with Gasteiger partial charge >= 0.3 is 0 Å². The van der Waals surface area contributed by atoms with Gasteiger partial charge in [-0.25, -0.2) is 13.4 Å². The minimum absolute atomic E-state index is 0.159. The first kappa shape index (κ1) is 14.8. The molecule has 110 valence electrons. The molecule has 1 fully saturated rings. The van der Waals surface area contributed by atoms with Gasteiger partial charge < -0.3 is 11.1 Å². The van der Waals surface area contributed by atoms with E-state index in [0.717, 1.165) is 12.8 Å². The number of hydrogen-bond acceptors (Lipinski definition) is 4. The molecule has 1 aromatic rings. The Morgan fingerprint density at radius 2 is 2.30 bits per heavy atom. The van der Waals surface area contributed by atoms with Crippen molar-refractivity contribution in [3.63, 3.8) is 0 Å². The van der Waals surface area contributed by atoms with Crippen molar-refractivity contribution in [3.8, 4) is 0 Å². The van der Waals surface area contributed by atoms with Crippen LogP contribution in [0.5, 0.6) is 0 Å². The summed E-state index contributed by atoms with van der Waals surface area (Å²) in [5.74, 6) is 1.02. The van der Waals surface area contributed by atoms with Gasteiger partial charge in [0.05, 0.1) is 17.1 Å². The summed E-state index contributed by atoms with van der Waals surface area (Å²) in [5.41, 5.74) is 6.19. The molecule has 3 N–H and O–H groups in total. The Hall–Kier alpha value is -1.63. The second-order valence-corrected chi connectivity index (χ2v) is 7.08. The number of pyridine rings is 1. The fourth-order valence-corrected chi connectivity index (χ4v) is 2.91. The van der Waals surface area contributed by atoms with E-state index in [1.54, 1.807) is 12.3 Å².